The largest absolute Gasteiger partial charge is 0.490 e. The van der Waals surface area contributed by atoms with Crippen molar-refractivity contribution >= 4 is 23.7 Å². The summed E-state index contributed by atoms with van der Waals surface area (Å²) in [6.07, 6.45) is -5.11. The van der Waals surface area contributed by atoms with E-state index < -0.39 is 23.6 Å². The molecule has 8 heteroatoms. The summed E-state index contributed by atoms with van der Waals surface area (Å²) in [6.45, 7) is 3.11. The Labute approximate surface area is 94.5 Å². The molecule has 0 aliphatic carbocycles. The van der Waals surface area contributed by atoms with Gasteiger partial charge in [0, 0.05) is 0 Å². The Morgan fingerprint density at radius 1 is 1.31 bits per heavy atom. The SMILES string of the molecule is CCOC(=O)[C@H](OC(=O)C(F)(F)F)SCC. The number of alkyl halides is 3. The molecule has 0 spiro atoms. The van der Waals surface area contributed by atoms with Gasteiger partial charge in [-0.05, 0) is 12.7 Å². The van der Waals surface area contributed by atoms with Crippen LogP contribution in [0.5, 0.6) is 0 Å². The first-order valence-corrected chi connectivity index (χ1v) is 5.43. The van der Waals surface area contributed by atoms with Gasteiger partial charge in [-0.3, -0.25) is 0 Å². The summed E-state index contributed by atoms with van der Waals surface area (Å²) in [5, 5.41) is 0. The monoisotopic (exact) mass is 260 g/mol. The number of halogens is 3. The normalized spacial score (nSPS) is 13.1. The summed E-state index contributed by atoms with van der Waals surface area (Å²) in [5.74, 6) is -3.08. The summed E-state index contributed by atoms with van der Waals surface area (Å²) >= 11 is 0.751. The maximum Gasteiger partial charge on any atom is 0.490 e. The van der Waals surface area contributed by atoms with E-state index in [2.05, 4.69) is 9.47 Å². The molecule has 0 radical (unpaired) electrons. The van der Waals surface area contributed by atoms with Gasteiger partial charge in [-0.25, -0.2) is 9.59 Å². The predicted molar refractivity (Wildman–Crippen MR) is 50.7 cm³/mol. The van der Waals surface area contributed by atoms with Gasteiger partial charge in [-0.2, -0.15) is 13.2 Å². The Morgan fingerprint density at radius 3 is 2.25 bits per heavy atom. The highest BCUT2D eigenvalue weighted by molar-refractivity contribution is 8.00. The first kappa shape index (κ1) is 15.1. The van der Waals surface area contributed by atoms with E-state index in [0.29, 0.717) is 5.75 Å². The van der Waals surface area contributed by atoms with Gasteiger partial charge in [-0.15, -0.1) is 11.8 Å². The number of carbonyl (C=O) groups excluding carboxylic acids is 2. The van der Waals surface area contributed by atoms with Crippen LogP contribution in [0, 0.1) is 0 Å². The van der Waals surface area contributed by atoms with E-state index in [1.54, 1.807) is 6.92 Å². The minimum atomic E-state index is -5.11. The first-order valence-electron chi connectivity index (χ1n) is 4.39. The molecule has 0 aromatic rings. The fraction of sp³-hybridized carbons (Fsp3) is 0.750. The van der Waals surface area contributed by atoms with Crippen LogP contribution >= 0.6 is 11.8 Å². The second-order valence-electron chi connectivity index (χ2n) is 2.44. The zero-order valence-corrected chi connectivity index (χ0v) is 9.48. The molecule has 94 valence electrons. The molecule has 0 rings (SSSR count). The van der Waals surface area contributed by atoms with Crippen LogP contribution in [0.2, 0.25) is 0 Å². The average molecular weight is 260 g/mol. The van der Waals surface area contributed by atoms with Gasteiger partial charge in [0.2, 0.25) is 5.44 Å². The van der Waals surface area contributed by atoms with E-state index >= 15 is 0 Å². The van der Waals surface area contributed by atoms with Crippen LogP contribution in [0.3, 0.4) is 0 Å². The van der Waals surface area contributed by atoms with Crippen molar-refractivity contribution in [1.82, 2.24) is 0 Å². The van der Waals surface area contributed by atoms with Crippen molar-refractivity contribution in [1.29, 1.82) is 0 Å². The van der Waals surface area contributed by atoms with Gasteiger partial charge < -0.3 is 9.47 Å². The van der Waals surface area contributed by atoms with Crippen LogP contribution in [0.4, 0.5) is 13.2 Å². The van der Waals surface area contributed by atoms with Gasteiger partial charge in [0.25, 0.3) is 0 Å². The molecule has 4 nitrogen and oxygen atoms in total. The molecular formula is C8H11F3O4S. The molecule has 0 aliphatic rings. The maximum absolute atomic E-state index is 11.9. The molecular weight excluding hydrogens is 249 g/mol. The van der Waals surface area contributed by atoms with Crippen molar-refractivity contribution in [3.8, 4) is 0 Å². The fourth-order valence-corrected chi connectivity index (χ4v) is 1.34. The Kier molecular flexibility index (Phi) is 6.24. The number of carbonyl (C=O) groups is 2. The number of hydrogen-bond acceptors (Lipinski definition) is 5. The van der Waals surface area contributed by atoms with Crippen LogP contribution in [0.25, 0.3) is 0 Å². The summed E-state index contributed by atoms with van der Waals surface area (Å²) in [4.78, 5) is 21.6. The molecule has 16 heavy (non-hydrogen) atoms. The molecule has 0 amide bonds. The summed E-state index contributed by atoms with van der Waals surface area (Å²) < 4.78 is 44.0. The molecule has 0 aliphatic heterocycles. The smallest absolute Gasteiger partial charge is 0.463 e. The van der Waals surface area contributed by atoms with E-state index in [1.807, 2.05) is 0 Å². The second-order valence-corrected chi connectivity index (χ2v) is 3.78. The molecule has 1 atom stereocenters. The number of thioether (sulfide) groups is 1. The lowest BCUT2D eigenvalue weighted by molar-refractivity contribution is -0.203. The van der Waals surface area contributed by atoms with E-state index in [-0.39, 0.29) is 6.61 Å². The average Bonchev–Trinajstić information content (AvgIpc) is 2.15. The van der Waals surface area contributed by atoms with E-state index in [9.17, 15) is 22.8 Å². The van der Waals surface area contributed by atoms with Crippen molar-refractivity contribution in [3.05, 3.63) is 0 Å². The quantitative estimate of drug-likeness (QED) is 0.556. The minimum absolute atomic E-state index is 0.00315. The number of esters is 2. The Balaban J connectivity index is 4.45. The zero-order valence-electron chi connectivity index (χ0n) is 8.67. The summed E-state index contributed by atoms with van der Waals surface area (Å²) in [7, 11) is 0. The molecule has 0 aromatic heterocycles. The van der Waals surface area contributed by atoms with Crippen LogP contribution in [-0.4, -0.2) is 35.9 Å². The zero-order chi connectivity index (χ0) is 12.8. The topological polar surface area (TPSA) is 52.6 Å². The molecule has 0 N–H and O–H groups in total. The van der Waals surface area contributed by atoms with Crippen LogP contribution in [0.15, 0.2) is 0 Å². The van der Waals surface area contributed by atoms with E-state index in [1.165, 1.54) is 6.92 Å². The summed E-state index contributed by atoms with van der Waals surface area (Å²) in [6, 6.07) is 0. The van der Waals surface area contributed by atoms with Crippen molar-refractivity contribution in [2.24, 2.45) is 0 Å². The number of rotatable bonds is 5. The standard InChI is InChI=1S/C8H11F3O4S/c1-3-14-5(12)6(16-4-2)15-7(13)8(9,10)11/h6H,3-4H2,1-2H3/t6-/m1/s1. The van der Waals surface area contributed by atoms with Crippen molar-refractivity contribution in [2.75, 3.05) is 12.4 Å². The molecule has 0 saturated carbocycles. The Bertz CT molecular complexity index is 254. The lowest BCUT2D eigenvalue weighted by Crippen LogP contribution is -2.33. The number of hydrogen-bond donors (Lipinski definition) is 0. The second kappa shape index (κ2) is 6.62. The van der Waals surface area contributed by atoms with Crippen LogP contribution in [-0.2, 0) is 19.1 Å². The summed E-state index contributed by atoms with van der Waals surface area (Å²) in [5.41, 5.74) is -1.57. The lowest BCUT2D eigenvalue weighted by Gasteiger charge is -2.15. The van der Waals surface area contributed by atoms with Gasteiger partial charge in [0.05, 0.1) is 6.61 Å². The third-order valence-electron chi connectivity index (χ3n) is 1.24. The van der Waals surface area contributed by atoms with Crippen LogP contribution in [0.1, 0.15) is 13.8 Å². The van der Waals surface area contributed by atoms with Crippen molar-refractivity contribution < 1.29 is 32.2 Å². The lowest BCUT2D eigenvalue weighted by atomic mass is 10.6. The Hall–Kier alpha value is -0.920. The molecule has 0 fully saturated rings. The van der Waals surface area contributed by atoms with Gasteiger partial charge >= 0.3 is 18.1 Å². The molecule has 0 heterocycles. The third kappa shape index (κ3) is 5.24. The van der Waals surface area contributed by atoms with Crippen LogP contribution < -0.4 is 0 Å². The highest BCUT2D eigenvalue weighted by atomic mass is 32.2. The highest BCUT2D eigenvalue weighted by Crippen LogP contribution is 2.21. The molecule has 0 aromatic carbocycles. The third-order valence-corrected chi connectivity index (χ3v) is 2.17. The van der Waals surface area contributed by atoms with E-state index in [0.717, 1.165) is 11.8 Å². The minimum Gasteiger partial charge on any atom is -0.463 e. The van der Waals surface area contributed by atoms with Gasteiger partial charge in [-0.1, -0.05) is 6.92 Å². The number of ether oxygens (including phenoxy) is 2. The van der Waals surface area contributed by atoms with Crippen molar-refractivity contribution in [3.63, 3.8) is 0 Å². The molecule has 0 saturated heterocycles. The van der Waals surface area contributed by atoms with Crippen molar-refractivity contribution in [2.45, 2.75) is 25.5 Å². The predicted octanol–water partition coefficient (Wildman–Crippen LogP) is 1.73. The first-order chi connectivity index (χ1) is 7.32. The van der Waals surface area contributed by atoms with Gasteiger partial charge in [0.1, 0.15) is 0 Å². The van der Waals surface area contributed by atoms with Gasteiger partial charge in [0.15, 0.2) is 0 Å². The van der Waals surface area contributed by atoms with E-state index in [4.69, 9.17) is 0 Å². The maximum atomic E-state index is 11.9. The molecule has 0 unspecified atom stereocenters. The molecule has 0 bridgehead atoms. The fourth-order valence-electron chi connectivity index (χ4n) is 0.676. The highest BCUT2D eigenvalue weighted by Gasteiger charge is 2.43. The Morgan fingerprint density at radius 2 is 1.88 bits per heavy atom.